The average Bonchev–Trinajstić information content (AvgIpc) is 3.26. The van der Waals surface area contributed by atoms with Gasteiger partial charge in [-0.3, -0.25) is 4.79 Å². The van der Waals surface area contributed by atoms with E-state index < -0.39 is 27.0 Å². The minimum atomic E-state index is -4.08. The first-order valence-electron chi connectivity index (χ1n) is 11.2. The van der Waals surface area contributed by atoms with Crippen LogP contribution in [0.2, 0.25) is 0 Å². The molecule has 36 heavy (non-hydrogen) atoms. The van der Waals surface area contributed by atoms with Gasteiger partial charge >= 0.3 is 0 Å². The molecule has 15 heteroatoms. The van der Waals surface area contributed by atoms with E-state index >= 15 is 0 Å². The zero-order chi connectivity index (χ0) is 25.7. The van der Waals surface area contributed by atoms with Crippen molar-refractivity contribution in [2.24, 2.45) is 0 Å². The Morgan fingerprint density at radius 3 is 2.61 bits per heavy atom. The largest absolute Gasteiger partial charge is 0.371 e. The first kappa shape index (κ1) is 24.5. The molecule has 1 saturated heterocycles. The third-order valence-electron chi connectivity index (χ3n) is 6.59. The Morgan fingerprint density at radius 2 is 2.03 bits per heavy atom. The highest BCUT2D eigenvalue weighted by Crippen LogP contribution is 2.38. The summed E-state index contributed by atoms with van der Waals surface area (Å²) in [6, 6.07) is 5.04. The fourth-order valence-electron chi connectivity index (χ4n) is 4.33. The van der Waals surface area contributed by atoms with Gasteiger partial charge in [0.25, 0.3) is 6.43 Å². The van der Waals surface area contributed by atoms with Crippen LogP contribution in [0.4, 0.5) is 14.5 Å². The Hall–Kier alpha value is -3.22. The number of alkyl halides is 2. The van der Waals surface area contributed by atoms with Gasteiger partial charge in [-0.15, -0.1) is 10.2 Å². The van der Waals surface area contributed by atoms with Gasteiger partial charge in [-0.25, -0.2) is 21.9 Å². The van der Waals surface area contributed by atoms with Gasteiger partial charge in [0.15, 0.2) is 5.01 Å². The summed E-state index contributed by atoms with van der Waals surface area (Å²) in [4.78, 5) is 14.7. The maximum atomic E-state index is 13.3. The second-order valence-corrected chi connectivity index (χ2v) is 11.6. The van der Waals surface area contributed by atoms with E-state index in [4.69, 9.17) is 0 Å². The lowest BCUT2D eigenvalue weighted by Crippen LogP contribution is -2.43. The van der Waals surface area contributed by atoms with Gasteiger partial charge in [-0.1, -0.05) is 11.3 Å². The number of aromatic nitrogens is 4. The third kappa shape index (κ3) is 4.40. The Bertz CT molecular complexity index is 1450. The van der Waals surface area contributed by atoms with Gasteiger partial charge in [0.05, 0.1) is 22.7 Å². The van der Waals surface area contributed by atoms with Crippen molar-refractivity contribution in [3.8, 4) is 11.2 Å². The molecule has 5 rings (SSSR count). The molecule has 0 unspecified atom stereocenters. The molecule has 1 aromatic carbocycles. The molecule has 0 spiro atoms. The van der Waals surface area contributed by atoms with Crippen LogP contribution in [0.1, 0.15) is 37.1 Å². The van der Waals surface area contributed by atoms with Crippen molar-refractivity contribution in [3.63, 3.8) is 0 Å². The number of benzene rings is 1. The van der Waals surface area contributed by atoms with Crippen LogP contribution in [-0.2, 0) is 14.8 Å². The molecule has 1 amide bonds. The van der Waals surface area contributed by atoms with Gasteiger partial charge < -0.3 is 9.80 Å². The van der Waals surface area contributed by atoms with Crippen LogP contribution in [0.25, 0.3) is 16.0 Å². The predicted octanol–water partition coefficient (Wildman–Crippen LogP) is 2.21. The molecule has 11 nitrogen and oxygen atoms in total. The number of piperidine rings is 1. The van der Waals surface area contributed by atoms with Crippen molar-refractivity contribution < 1.29 is 22.0 Å². The maximum Gasteiger partial charge on any atom is 0.291 e. The molecule has 0 atom stereocenters. The number of fused-ring (bicyclic) bond motifs is 1. The number of rotatable bonds is 8. The predicted molar refractivity (Wildman–Crippen MR) is 126 cm³/mol. The highest BCUT2D eigenvalue weighted by atomic mass is 32.2. The smallest absolute Gasteiger partial charge is 0.291 e. The molecule has 0 bridgehead atoms. The van der Waals surface area contributed by atoms with Gasteiger partial charge in [-0.2, -0.15) is 15.1 Å². The van der Waals surface area contributed by atoms with E-state index in [1.165, 1.54) is 10.7 Å². The molecular weight excluding hydrogens is 514 g/mol. The summed E-state index contributed by atoms with van der Waals surface area (Å²) >= 11 is 0.666. The zero-order valence-corrected chi connectivity index (χ0v) is 20.8. The van der Waals surface area contributed by atoms with Crippen molar-refractivity contribution in [1.82, 2.24) is 29.6 Å². The van der Waals surface area contributed by atoms with Crippen LogP contribution in [-0.4, -0.2) is 71.4 Å². The molecular formula is C21H22F2N8O3S2. The normalized spacial score (nSPS) is 17.9. The summed E-state index contributed by atoms with van der Waals surface area (Å²) in [5, 5.41) is 21.3. The van der Waals surface area contributed by atoms with E-state index in [-0.39, 0.29) is 16.1 Å². The summed E-state index contributed by atoms with van der Waals surface area (Å²) in [5.74, 6) is 0. The second kappa shape index (κ2) is 9.02. The number of amides is 1. The summed E-state index contributed by atoms with van der Waals surface area (Å²) in [6.45, 7) is 1.13. The first-order valence-corrected chi connectivity index (χ1v) is 13.5. The quantitative estimate of drug-likeness (QED) is 0.433. The van der Waals surface area contributed by atoms with Crippen LogP contribution in [0, 0.1) is 11.3 Å². The molecule has 190 valence electrons. The lowest BCUT2D eigenvalue weighted by Gasteiger charge is -2.36. The Balaban J connectivity index is 1.59. The van der Waals surface area contributed by atoms with Gasteiger partial charge in [0.1, 0.15) is 5.54 Å². The number of halogens is 2. The standard InChI is InChI=1S/C21H22F2N8O3S2/c1-29(12-32)13-2-6-30(7-3-13)16-8-14(36(33,34)28-21(11-24)4-5-21)9-17-15(16)10-25-31(17)20-27-26-19(35-20)18(22)23/h8-10,12-13,18,28H,2-7H2,1H3. The Labute approximate surface area is 209 Å². The molecule has 1 aliphatic heterocycles. The molecule has 3 heterocycles. The minimum absolute atomic E-state index is 0.0704. The van der Waals surface area contributed by atoms with Crippen molar-refractivity contribution in [2.45, 2.75) is 48.6 Å². The minimum Gasteiger partial charge on any atom is -0.371 e. The summed E-state index contributed by atoms with van der Waals surface area (Å²) < 4.78 is 56.6. The van der Waals surface area contributed by atoms with Crippen molar-refractivity contribution in [2.75, 3.05) is 25.0 Å². The van der Waals surface area contributed by atoms with E-state index in [1.54, 1.807) is 24.2 Å². The van der Waals surface area contributed by atoms with Gasteiger partial charge in [0.2, 0.25) is 21.6 Å². The second-order valence-electron chi connectivity index (χ2n) is 8.94. The molecule has 2 aromatic heterocycles. The van der Waals surface area contributed by atoms with E-state index in [2.05, 4.69) is 20.0 Å². The first-order chi connectivity index (χ1) is 17.2. The topological polar surface area (TPSA) is 137 Å². The van der Waals surface area contributed by atoms with Crippen LogP contribution < -0.4 is 9.62 Å². The lowest BCUT2D eigenvalue weighted by atomic mass is 10.0. The SMILES string of the molecule is CN(C=O)C1CCN(c2cc(S(=O)(=O)NC3(C#N)CC3)cc3c2cnn3-c2nnc(C(F)F)s2)CC1. The van der Waals surface area contributed by atoms with Crippen molar-refractivity contribution in [1.29, 1.82) is 5.26 Å². The van der Waals surface area contributed by atoms with E-state index in [0.717, 1.165) is 6.41 Å². The number of hydrogen-bond acceptors (Lipinski definition) is 9. The number of nitriles is 1. The number of nitrogens with zero attached hydrogens (tertiary/aromatic N) is 7. The van der Waals surface area contributed by atoms with Crippen molar-refractivity contribution in [3.05, 3.63) is 23.3 Å². The fraction of sp³-hybridized carbons (Fsp3) is 0.476. The van der Waals surface area contributed by atoms with E-state index in [0.29, 0.717) is 66.7 Å². The number of carbonyl (C=O) groups excluding carboxylic acids is 1. The molecule has 1 saturated carbocycles. The molecule has 3 aromatic rings. The Kier molecular flexibility index (Phi) is 6.13. The van der Waals surface area contributed by atoms with Crippen LogP contribution in [0.3, 0.4) is 0 Å². The summed E-state index contributed by atoms with van der Waals surface area (Å²) in [5.41, 5.74) is -0.150. The number of nitrogens with one attached hydrogen (secondary N) is 1. The molecule has 1 aliphatic carbocycles. The average molecular weight is 537 g/mol. The van der Waals surface area contributed by atoms with Gasteiger partial charge in [-0.05, 0) is 37.8 Å². The summed E-state index contributed by atoms with van der Waals surface area (Å²) in [6.07, 6.45) is 1.76. The van der Waals surface area contributed by atoms with E-state index in [1.807, 2.05) is 11.0 Å². The monoisotopic (exact) mass is 536 g/mol. The molecule has 0 radical (unpaired) electrons. The molecule has 2 fully saturated rings. The number of hydrogen-bond donors (Lipinski definition) is 1. The number of anilines is 1. The van der Waals surface area contributed by atoms with Crippen molar-refractivity contribution >= 4 is 44.4 Å². The molecule has 1 N–H and O–H groups in total. The zero-order valence-electron chi connectivity index (χ0n) is 19.1. The highest BCUT2D eigenvalue weighted by Gasteiger charge is 2.47. The van der Waals surface area contributed by atoms with Crippen LogP contribution >= 0.6 is 11.3 Å². The highest BCUT2D eigenvalue weighted by molar-refractivity contribution is 7.89. The van der Waals surface area contributed by atoms with E-state index in [9.17, 15) is 27.3 Å². The van der Waals surface area contributed by atoms with Gasteiger partial charge in [0, 0.05) is 37.3 Å². The summed E-state index contributed by atoms with van der Waals surface area (Å²) in [7, 11) is -2.35. The van der Waals surface area contributed by atoms with Crippen LogP contribution in [0.15, 0.2) is 23.2 Å². The Morgan fingerprint density at radius 1 is 1.31 bits per heavy atom. The fourth-order valence-corrected chi connectivity index (χ4v) is 6.42. The van der Waals surface area contributed by atoms with Crippen LogP contribution in [0.5, 0.6) is 0 Å². The molecule has 2 aliphatic rings. The third-order valence-corrected chi connectivity index (χ3v) is 9.01. The number of sulfonamides is 1. The maximum absolute atomic E-state index is 13.3. The number of carbonyl (C=O) groups is 1. The lowest BCUT2D eigenvalue weighted by molar-refractivity contribution is -0.119.